The van der Waals surface area contributed by atoms with Crippen LogP contribution in [0.5, 0.6) is 0 Å². The van der Waals surface area contributed by atoms with Crippen LogP contribution in [0.2, 0.25) is 0 Å². The summed E-state index contributed by atoms with van der Waals surface area (Å²) in [6.45, 7) is 12.3. The number of unbranched alkanes of at least 4 members (excludes halogenated alkanes) is 6. The molecule has 0 spiro atoms. The zero-order chi connectivity index (χ0) is 16.5. The first-order chi connectivity index (χ1) is 10.8. The number of rotatable bonds is 15. The molecule has 0 nitrogen and oxygen atoms in total. The van der Waals surface area contributed by atoms with E-state index in [2.05, 4.69) is 39.2 Å². The second-order valence-electron chi connectivity index (χ2n) is 6.20. The fourth-order valence-corrected chi connectivity index (χ4v) is 2.67. The first-order valence-corrected chi connectivity index (χ1v) is 9.36. The van der Waals surface area contributed by atoms with E-state index in [4.69, 9.17) is 0 Å². The minimum absolute atomic E-state index is 1.04. The van der Waals surface area contributed by atoms with Crippen molar-refractivity contribution in [3.63, 3.8) is 0 Å². The Labute approximate surface area is 140 Å². The monoisotopic (exact) mass is 302 g/mol. The maximum Gasteiger partial charge on any atom is -0.0141 e. The fourth-order valence-electron chi connectivity index (χ4n) is 2.67. The molecule has 126 valence electrons. The summed E-state index contributed by atoms with van der Waals surface area (Å²) in [4.78, 5) is 0. The molecule has 0 unspecified atom stereocenters. The summed E-state index contributed by atoms with van der Waals surface area (Å²) in [5.74, 6) is 0. The highest BCUT2D eigenvalue weighted by Crippen LogP contribution is 2.20. The van der Waals surface area contributed by atoms with Gasteiger partial charge in [0.25, 0.3) is 0 Å². The first-order valence-electron chi connectivity index (χ1n) is 9.36. The zero-order valence-corrected chi connectivity index (χ0v) is 15.2. The normalized spacial score (nSPS) is 12.5. The molecule has 0 aromatic heterocycles. The topological polar surface area (TPSA) is 0 Å². The third-order valence-corrected chi connectivity index (χ3v) is 4.06. The van der Waals surface area contributed by atoms with Crippen LogP contribution in [0.1, 0.15) is 90.9 Å². The highest BCUT2D eigenvalue weighted by molar-refractivity contribution is 5.13. The number of allylic oxidation sites excluding steroid dienone is 6. The van der Waals surface area contributed by atoms with E-state index in [0.29, 0.717) is 0 Å². The van der Waals surface area contributed by atoms with E-state index in [0.717, 1.165) is 12.8 Å². The molecule has 0 saturated carbocycles. The van der Waals surface area contributed by atoms with Crippen molar-refractivity contribution >= 4 is 0 Å². The van der Waals surface area contributed by atoms with Crippen molar-refractivity contribution in [2.75, 3.05) is 0 Å². The van der Waals surface area contributed by atoms with Gasteiger partial charge in [0.15, 0.2) is 0 Å². The summed E-state index contributed by atoms with van der Waals surface area (Å²) in [6.07, 6.45) is 23.9. The molecule has 22 heavy (non-hydrogen) atoms. The number of hydrogen-bond acceptors (Lipinski definition) is 0. The van der Waals surface area contributed by atoms with Gasteiger partial charge in [-0.3, -0.25) is 0 Å². The molecule has 0 N–H and O–H groups in total. The van der Waals surface area contributed by atoms with E-state index in [1.54, 1.807) is 11.1 Å². The molecular weight excluding hydrogens is 264 g/mol. The smallest absolute Gasteiger partial charge is 0.0141 e. The molecule has 0 aromatic rings. The lowest BCUT2D eigenvalue weighted by atomic mass is 9.97. The highest BCUT2D eigenvalue weighted by atomic mass is 14.1. The van der Waals surface area contributed by atoms with Crippen LogP contribution in [0.15, 0.2) is 48.6 Å². The highest BCUT2D eigenvalue weighted by Gasteiger charge is 2.00. The molecule has 0 aliphatic heterocycles. The molecule has 0 bridgehead atoms. The van der Waals surface area contributed by atoms with Crippen LogP contribution >= 0.6 is 0 Å². The second kappa shape index (κ2) is 16.3. The van der Waals surface area contributed by atoms with Gasteiger partial charge in [-0.1, -0.05) is 75.0 Å². The Hall–Kier alpha value is -1.04. The Morgan fingerprint density at radius 1 is 0.682 bits per heavy atom. The summed E-state index contributed by atoms with van der Waals surface area (Å²) >= 11 is 0. The van der Waals surface area contributed by atoms with Crippen LogP contribution in [-0.2, 0) is 0 Å². The van der Waals surface area contributed by atoms with Crippen molar-refractivity contribution in [1.82, 2.24) is 0 Å². The summed E-state index contributed by atoms with van der Waals surface area (Å²) in [6, 6.07) is 0. The molecular formula is C22H38. The molecule has 0 aliphatic carbocycles. The third-order valence-electron chi connectivity index (χ3n) is 4.06. The molecule has 0 atom stereocenters. The van der Waals surface area contributed by atoms with Crippen molar-refractivity contribution in [3.8, 4) is 0 Å². The Morgan fingerprint density at radius 2 is 1.09 bits per heavy atom. The zero-order valence-electron chi connectivity index (χ0n) is 15.2. The van der Waals surface area contributed by atoms with Crippen molar-refractivity contribution in [2.24, 2.45) is 0 Å². The van der Waals surface area contributed by atoms with Crippen molar-refractivity contribution in [3.05, 3.63) is 48.6 Å². The lowest BCUT2D eigenvalue weighted by Crippen LogP contribution is -1.89. The van der Waals surface area contributed by atoms with Crippen LogP contribution in [0, 0.1) is 0 Å². The van der Waals surface area contributed by atoms with Crippen LogP contribution in [0.3, 0.4) is 0 Å². The predicted molar refractivity (Wildman–Crippen MR) is 103 cm³/mol. The molecule has 0 saturated heterocycles. The Bertz CT molecular complexity index is 296. The lowest BCUT2D eigenvalue weighted by molar-refractivity contribution is 0.718. The molecule has 0 aromatic carbocycles. The third kappa shape index (κ3) is 12.7. The van der Waals surface area contributed by atoms with Gasteiger partial charge < -0.3 is 0 Å². The second-order valence-corrected chi connectivity index (χ2v) is 6.20. The molecule has 0 radical (unpaired) electrons. The summed E-state index contributed by atoms with van der Waals surface area (Å²) in [5.41, 5.74) is 3.13. The van der Waals surface area contributed by atoms with E-state index in [9.17, 15) is 0 Å². The quantitative estimate of drug-likeness (QED) is 0.213. The van der Waals surface area contributed by atoms with Gasteiger partial charge in [0, 0.05) is 0 Å². The van der Waals surface area contributed by atoms with Crippen molar-refractivity contribution in [1.29, 1.82) is 0 Å². The van der Waals surface area contributed by atoms with E-state index in [-0.39, 0.29) is 0 Å². The van der Waals surface area contributed by atoms with E-state index < -0.39 is 0 Å². The summed E-state index contributed by atoms with van der Waals surface area (Å²) in [7, 11) is 0. The fraction of sp³-hybridized carbons (Fsp3) is 0.636. The van der Waals surface area contributed by atoms with E-state index >= 15 is 0 Å². The van der Waals surface area contributed by atoms with Crippen molar-refractivity contribution < 1.29 is 0 Å². The van der Waals surface area contributed by atoms with Gasteiger partial charge in [-0.15, -0.1) is 13.2 Å². The maximum absolute atomic E-state index is 3.91. The molecule has 0 fully saturated rings. The van der Waals surface area contributed by atoms with Crippen molar-refractivity contribution in [2.45, 2.75) is 90.9 Å². The largest absolute Gasteiger partial charge is 0.103 e. The van der Waals surface area contributed by atoms with Crippen LogP contribution in [-0.4, -0.2) is 0 Å². The molecule has 0 rings (SSSR count). The summed E-state index contributed by atoms with van der Waals surface area (Å²) < 4.78 is 0. The average Bonchev–Trinajstić information content (AvgIpc) is 2.52. The van der Waals surface area contributed by atoms with Gasteiger partial charge in [0.05, 0.1) is 0 Å². The SMILES string of the molecule is C=CC/C(=C/CCCCC)CC/C(=C\CCCCC)CC=C. The van der Waals surface area contributed by atoms with E-state index in [1.165, 1.54) is 64.2 Å². The Morgan fingerprint density at radius 3 is 1.41 bits per heavy atom. The van der Waals surface area contributed by atoms with Gasteiger partial charge in [0.1, 0.15) is 0 Å². The Kier molecular flexibility index (Phi) is 15.6. The van der Waals surface area contributed by atoms with Crippen LogP contribution in [0.25, 0.3) is 0 Å². The van der Waals surface area contributed by atoms with Gasteiger partial charge >= 0.3 is 0 Å². The van der Waals surface area contributed by atoms with Gasteiger partial charge in [0.2, 0.25) is 0 Å². The number of hydrogen-bond donors (Lipinski definition) is 0. The van der Waals surface area contributed by atoms with Gasteiger partial charge in [-0.2, -0.15) is 0 Å². The maximum atomic E-state index is 3.91. The lowest BCUT2D eigenvalue weighted by Gasteiger charge is -2.09. The minimum Gasteiger partial charge on any atom is -0.103 e. The average molecular weight is 303 g/mol. The molecule has 0 aliphatic rings. The standard InChI is InChI=1S/C22H38/c1-5-9-11-13-17-21(15-7-3)19-20-22(16-8-4)18-14-12-10-6-2/h7-8,17-18H,3-6,9-16,19-20H2,1-2H3/b21-17-,22-18-. The van der Waals surface area contributed by atoms with Crippen LogP contribution < -0.4 is 0 Å². The molecule has 0 heterocycles. The van der Waals surface area contributed by atoms with Crippen LogP contribution in [0.4, 0.5) is 0 Å². The Balaban J connectivity index is 4.35. The van der Waals surface area contributed by atoms with Gasteiger partial charge in [-0.05, 0) is 51.4 Å². The summed E-state index contributed by atoms with van der Waals surface area (Å²) in [5, 5.41) is 0. The minimum atomic E-state index is 1.04. The van der Waals surface area contributed by atoms with Gasteiger partial charge in [-0.25, -0.2) is 0 Å². The van der Waals surface area contributed by atoms with E-state index in [1.807, 2.05) is 12.2 Å². The predicted octanol–water partition coefficient (Wildman–Crippen LogP) is 7.93. The molecule has 0 heteroatoms. The molecule has 0 amide bonds. The first kappa shape index (κ1) is 21.0.